The van der Waals surface area contributed by atoms with Crippen molar-refractivity contribution in [1.29, 1.82) is 0 Å². The zero-order valence-corrected chi connectivity index (χ0v) is 19.4. The summed E-state index contributed by atoms with van der Waals surface area (Å²) in [4.78, 5) is 28.2. The highest BCUT2D eigenvalue weighted by atomic mass is 16.2. The average Bonchev–Trinajstić information content (AvgIpc) is 2.75. The molecule has 4 nitrogen and oxygen atoms in total. The van der Waals surface area contributed by atoms with E-state index >= 15 is 0 Å². The van der Waals surface area contributed by atoms with Crippen molar-refractivity contribution < 1.29 is 9.59 Å². The van der Waals surface area contributed by atoms with Gasteiger partial charge in [-0.15, -0.1) is 0 Å². The molecule has 1 N–H and O–H groups in total. The van der Waals surface area contributed by atoms with Gasteiger partial charge >= 0.3 is 0 Å². The fraction of sp³-hybridized carbons (Fsp3) is 0.481. The van der Waals surface area contributed by atoms with Crippen LogP contribution < -0.4 is 5.32 Å². The van der Waals surface area contributed by atoms with Crippen molar-refractivity contribution in [2.75, 3.05) is 0 Å². The van der Waals surface area contributed by atoms with Crippen LogP contribution >= 0.6 is 0 Å². The third kappa shape index (κ3) is 6.43. The summed E-state index contributed by atoms with van der Waals surface area (Å²) >= 11 is 0. The van der Waals surface area contributed by atoms with Gasteiger partial charge in [0.25, 0.3) is 0 Å². The predicted molar refractivity (Wildman–Crippen MR) is 126 cm³/mol. The number of hydrogen-bond donors (Lipinski definition) is 1. The van der Waals surface area contributed by atoms with Crippen LogP contribution in [0, 0.1) is 20.8 Å². The van der Waals surface area contributed by atoms with Crippen LogP contribution in [-0.2, 0) is 22.6 Å². The van der Waals surface area contributed by atoms with Gasteiger partial charge in [0.1, 0.15) is 6.04 Å². The minimum absolute atomic E-state index is 0.0175. The molecule has 0 aliphatic heterocycles. The van der Waals surface area contributed by atoms with Gasteiger partial charge in [-0.05, 0) is 62.8 Å². The molecule has 0 unspecified atom stereocenters. The van der Waals surface area contributed by atoms with E-state index in [1.807, 2.05) is 38.1 Å². The zero-order valence-electron chi connectivity index (χ0n) is 19.4. The molecule has 1 aliphatic rings. The molecule has 0 aromatic heterocycles. The van der Waals surface area contributed by atoms with Gasteiger partial charge in [0.15, 0.2) is 0 Å². The van der Waals surface area contributed by atoms with Gasteiger partial charge < -0.3 is 10.2 Å². The molecule has 31 heavy (non-hydrogen) atoms. The highest BCUT2D eigenvalue weighted by molar-refractivity contribution is 5.88. The van der Waals surface area contributed by atoms with Gasteiger partial charge in [-0.25, -0.2) is 0 Å². The molecule has 0 radical (unpaired) electrons. The molecule has 3 rings (SSSR count). The first-order valence-electron chi connectivity index (χ1n) is 11.5. The molecule has 2 aromatic carbocycles. The van der Waals surface area contributed by atoms with Crippen LogP contribution in [0.3, 0.4) is 0 Å². The second-order valence-corrected chi connectivity index (χ2v) is 9.13. The summed E-state index contributed by atoms with van der Waals surface area (Å²) < 4.78 is 0. The number of aryl methyl sites for hydroxylation is 3. The summed E-state index contributed by atoms with van der Waals surface area (Å²) in [6, 6.07) is 14.0. The smallest absolute Gasteiger partial charge is 0.242 e. The number of rotatable bonds is 7. The van der Waals surface area contributed by atoms with Crippen molar-refractivity contribution in [3.8, 4) is 0 Å². The molecule has 0 heterocycles. The largest absolute Gasteiger partial charge is 0.352 e. The molecule has 1 aliphatic carbocycles. The second-order valence-electron chi connectivity index (χ2n) is 9.13. The number of hydrogen-bond acceptors (Lipinski definition) is 2. The van der Waals surface area contributed by atoms with Crippen LogP contribution in [0.4, 0.5) is 0 Å². The molecule has 0 spiro atoms. The van der Waals surface area contributed by atoms with Crippen molar-refractivity contribution in [2.45, 2.75) is 84.8 Å². The maximum Gasteiger partial charge on any atom is 0.242 e. The Bertz CT molecular complexity index is 915. The van der Waals surface area contributed by atoms with Crippen LogP contribution in [0.5, 0.6) is 0 Å². The first-order chi connectivity index (χ1) is 14.8. The van der Waals surface area contributed by atoms with Crippen molar-refractivity contribution in [3.05, 3.63) is 70.3 Å². The second kappa shape index (κ2) is 10.6. The SMILES string of the molecule is Cc1cccc(CN(C(=O)Cc2ccc(C)c(C)c2)[C@@H](C)C(=O)NC2CCCCC2)c1. The lowest BCUT2D eigenvalue weighted by atomic mass is 9.95. The lowest BCUT2D eigenvalue weighted by Gasteiger charge is -2.31. The number of benzene rings is 2. The van der Waals surface area contributed by atoms with Crippen molar-refractivity contribution >= 4 is 11.8 Å². The first-order valence-corrected chi connectivity index (χ1v) is 11.5. The Morgan fingerprint density at radius 2 is 1.71 bits per heavy atom. The molecule has 1 atom stereocenters. The number of nitrogens with one attached hydrogen (secondary N) is 1. The lowest BCUT2D eigenvalue weighted by Crippen LogP contribution is -2.50. The number of amides is 2. The molecule has 166 valence electrons. The van der Waals surface area contributed by atoms with Gasteiger partial charge in [-0.1, -0.05) is 67.3 Å². The van der Waals surface area contributed by atoms with E-state index in [2.05, 4.69) is 37.4 Å². The fourth-order valence-corrected chi connectivity index (χ4v) is 4.35. The van der Waals surface area contributed by atoms with Gasteiger partial charge in [-0.2, -0.15) is 0 Å². The average molecular weight is 421 g/mol. The third-order valence-electron chi connectivity index (χ3n) is 6.48. The first kappa shape index (κ1) is 23.1. The maximum absolute atomic E-state index is 13.4. The summed E-state index contributed by atoms with van der Waals surface area (Å²) in [7, 11) is 0. The molecular formula is C27H36N2O2. The van der Waals surface area contributed by atoms with Crippen molar-refractivity contribution in [1.82, 2.24) is 10.2 Å². The van der Waals surface area contributed by atoms with E-state index in [1.165, 1.54) is 17.5 Å². The Balaban J connectivity index is 1.77. The summed E-state index contributed by atoms with van der Waals surface area (Å²) in [6.07, 6.45) is 5.94. The fourth-order valence-electron chi connectivity index (χ4n) is 4.35. The maximum atomic E-state index is 13.4. The number of carbonyl (C=O) groups is 2. The van der Waals surface area contributed by atoms with Gasteiger partial charge in [0.2, 0.25) is 11.8 Å². The van der Waals surface area contributed by atoms with Gasteiger partial charge in [-0.3, -0.25) is 9.59 Å². The topological polar surface area (TPSA) is 49.4 Å². The quantitative estimate of drug-likeness (QED) is 0.684. The molecule has 4 heteroatoms. The minimum Gasteiger partial charge on any atom is -0.352 e. The van der Waals surface area contributed by atoms with Crippen LogP contribution in [0.15, 0.2) is 42.5 Å². The molecular weight excluding hydrogens is 384 g/mol. The Hall–Kier alpha value is -2.62. The lowest BCUT2D eigenvalue weighted by molar-refractivity contribution is -0.140. The molecule has 0 bridgehead atoms. The Kier molecular flexibility index (Phi) is 7.89. The van der Waals surface area contributed by atoms with E-state index in [1.54, 1.807) is 4.90 Å². The normalized spacial score (nSPS) is 15.4. The van der Waals surface area contributed by atoms with E-state index in [4.69, 9.17) is 0 Å². The van der Waals surface area contributed by atoms with E-state index in [-0.39, 0.29) is 17.9 Å². The van der Waals surface area contributed by atoms with E-state index in [9.17, 15) is 9.59 Å². The van der Waals surface area contributed by atoms with Crippen molar-refractivity contribution in [2.24, 2.45) is 0 Å². The predicted octanol–water partition coefficient (Wildman–Crippen LogP) is 5.02. The summed E-state index contributed by atoms with van der Waals surface area (Å²) in [5, 5.41) is 3.20. The van der Waals surface area contributed by atoms with Crippen LogP contribution in [-0.4, -0.2) is 28.8 Å². The third-order valence-corrected chi connectivity index (χ3v) is 6.48. The number of nitrogens with zero attached hydrogens (tertiary/aromatic N) is 1. The molecule has 1 saturated carbocycles. The molecule has 1 fully saturated rings. The van der Waals surface area contributed by atoms with Crippen LogP contribution in [0.25, 0.3) is 0 Å². The highest BCUT2D eigenvalue weighted by Crippen LogP contribution is 2.19. The number of carbonyl (C=O) groups excluding carboxylic acids is 2. The van der Waals surface area contributed by atoms with Crippen molar-refractivity contribution in [3.63, 3.8) is 0 Å². The van der Waals surface area contributed by atoms with Gasteiger partial charge in [0.05, 0.1) is 6.42 Å². The zero-order chi connectivity index (χ0) is 22.4. The summed E-state index contributed by atoms with van der Waals surface area (Å²) in [5.41, 5.74) is 5.58. The van der Waals surface area contributed by atoms with Crippen LogP contribution in [0.1, 0.15) is 66.8 Å². The van der Waals surface area contributed by atoms with E-state index < -0.39 is 6.04 Å². The van der Waals surface area contributed by atoms with E-state index in [0.29, 0.717) is 13.0 Å². The minimum atomic E-state index is -0.513. The summed E-state index contributed by atoms with van der Waals surface area (Å²) in [5.74, 6) is -0.0657. The Morgan fingerprint density at radius 1 is 0.968 bits per heavy atom. The Labute approximate surface area is 187 Å². The monoisotopic (exact) mass is 420 g/mol. The standard InChI is InChI=1S/C27H36N2O2/c1-19-9-8-10-24(15-19)18-29(22(4)27(31)28-25-11-6-5-7-12-25)26(30)17-23-14-13-20(2)21(3)16-23/h8-10,13-16,22,25H,5-7,11-12,17-18H2,1-4H3,(H,28,31)/t22-/m0/s1. The molecule has 2 amide bonds. The summed E-state index contributed by atoms with van der Waals surface area (Å²) in [6.45, 7) is 8.47. The van der Waals surface area contributed by atoms with Gasteiger partial charge in [0, 0.05) is 12.6 Å². The van der Waals surface area contributed by atoms with Crippen LogP contribution in [0.2, 0.25) is 0 Å². The van der Waals surface area contributed by atoms with E-state index in [0.717, 1.165) is 42.4 Å². The molecule has 0 saturated heterocycles. The highest BCUT2D eigenvalue weighted by Gasteiger charge is 2.28. The molecule has 2 aromatic rings. The Morgan fingerprint density at radius 3 is 2.39 bits per heavy atom.